The molecule has 0 saturated carbocycles. The second kappa shape index (κ2) is 7.49. The van der Waals surface area contributed by atoms with Gasteiger partial charge in [-0.3, -0.25) is 0 Å². The number of hydrogen-bond acceptors (Lipinski definition) is 3. The molecule has 1 unspecified atom stereocenters. The number of carboxylic acid groups (broad SMARTS) is 1. The van der Waals surface area contributed by atoms with Crippen LogP contribution in [0.2, 0.25) is 0 Å². The summed E-state index contributed by atoms with van der Waals surface area (Å²) in [6, 6.07) is 8.54. The summed E-state index contributed by atoms with van der Waals surface area (Å²) in [5.74, 6) is -3.68. The van der Waals surface area contributed by atoms with E-state index in [4.69, 9.17) is 19.4 Å². The van der Waals surface area contributed by atoms with E-state index < -0.39 is 38.3 Å². The van der Waals surface area contributed by atoms with Crippen LogP contribution in [-0.4, -0.2) is 22.8 Å². The molecular formula is C20H24O4. The van der Waals surface area contributed by atoms with Gasteiger partial charge in [-0.05, 0) is 59.7 Å². The van der Waals surface area contributed by atoms with E-state index in [9.17, 15) is 9.90 Å². The van der Waals surface area contributed by atoms with Crippen LogP contribution in [-0.2, 0) is 4.79 Å². The van der Waals surface area contributed by atoms with Crippen LogP contribution in [0.25, 0.3) is 0 Å². The highest BCUT2D eigenvalue weighted by atomic mass is 16.5. The molecule has 2 rings (SSSR count). The third-order valence-electron chi connectivity index (χ3n) is 3.69. The number of aryl methyl sites for hydroxylation is 2. The van der Waals surface area contributed by atoms with E-state index in [1.807, 2.05) is 0 Å². The van der Waals surface area contributed by atoms with Gasteiger partial charge in [0.25, 0.3) is 0 Å². The Morgan fingerprint density at radius 1 is 1.21 bits per heavy atom. The highest BCUT2D eigenvalue weighted by Crippen LogP contribution is 2.32. The minimum absolute atomic E-state index is 0.230. The molecule has 0 radical (unpaired) electrons. The molecule has 0 aromatic heterocycles. The van der Waals surface area contributed by atoms with Gasteiger partial charge in [-0.25, -0.2) is 4.79 Å². The third-order valence-corrected chi connectivity index (χ3v) is 3.69. The topological polar surface area (TPSA) is 66.8 Å². The molecule has 0 fully saturated rings. The van der Waals surface area contributed by atoms with Crippen molar-refractivity contribution in [1.82, 2.24) is 0 Å². The number of rotatable bonds is 6. The molecule has 2 aromatic carbocycles. The molecule has 0 bridgehead atoms. The summed E-state index contributed by atoms with van der Waals surface area (Å²) in [5.41, 5.74) is 1.66. The molecule has 0 heterocycles. The van der Waals surface area contributed by atoms with Crippen LogP contribution in [0, 0.1) is 13.8 Å². The zero-order valence-corrected chi connectivity index (χ0v) is 13.5. The summed E-state index contributed by atoms with van der Waals surface area (Å²) in [6.45, 7) is -3.38. The average molecular weight is 335 g/mol. The van der Waals surface area contributed by atoms with E-state index in [1.165, 1.54) is 24.3 Å². The lowest BCUT2D eigenvalue weighted by Crippen LogP contribution is -2.11. The SMILES string of the molecule is [2H]C([2H])([2H])C([2H])(c1cccc(C(O)c2c(C)cc(OCC(=O)O)cc2C)c1)C([2H])([2H])[2H]. The fourth-order valence-electron chi connectivity index (χ4n) is 2.63. The van der Waals surface area contributed by atoms with Gasteiger partial charge in [0.1, 0.15) is 11.9 Å². The number of carbonyl (C=O) groups is 1. The summed E-state index contributed by atoms with van der Waals surface area (Å²) >= 11 is 0. The van der Waals surface area contributed by atoms with Crippen LogP contribution in [0.5, 0.6) is 5.75 Å². The molecule has 4 nitrogen and oxygen atoms in total. The van der Waals surface area contributed by atoms with E-state index in [-0.39, 0.29) is 11.1 Å². The molecule has 0 amide bonds. The first-order chi connectivity index (χ1) is 14.1. The van der Waals surface area contributed by atoms with Crippen molar-refractivity contribution >= 4 is 5.97 Å². The first-order valence-corrected chi connectivity index (χ1v) is 7.34. The Morgan fingerprint density at radius 2 is 1.83 bits per heavy atom. The Balaban J connectivity index is 2.51. The number of aliphatic carboxylic acids is 1. The zero-order chi connectivity index (χ0) is 23.8. The molecule has 24 heavy (non-hydrogen) atoms. The summed E-state index contributed by atoms with van der Waals surface area (Å²) < 4.78 is 59.4. The number of hydrogen-bond donors (Lipinski definition) is 2. The predicted molar refractivity (Wildman–Crippen MR) is 93.6 cm³/mol. The molecule has 0 saturated heterocycles. The Labute approximate surface area is 152 Å². The van der Waals surface area contributed by atoms with E-state index in [0.29, 0.717) is 22.4 Å². The van der Waals surface area contributed by atoms with Crippen LogP contribution in [0.3, 0.4) is 0 Å². The smallest absolute Gasteiger partial charge is 0.341 e. The van der Waals surface area contributed by atoms with E-state index in [0.717, 1.165) is 0 Å². The van der Waals surface area contributed by atoms with E-state index in [2.05, 4.69) is 0 Å². The summed E-state index contributed by atoms with van der Waals surface area (Å²) in [5, 5.41) is 19.7. The molecule has 0 spiro atoms. The number of carboxylic acids is 1. The van der Waals surface area contributed by atoms with Gasteiger partial charge in [-0.2, -0.15) is 0 Å². The maximum Gasteiger partial charge on any atom is 0.341 e. The lowest BCUT2D eigenvalue weighted by molar-refractivity contribution is -0.139. The second-order valence-electron chi connectivity index (χ2n) is 5.56. The highest BCUT2D eigenvalue weighted by Gasteiger charge is 2.17. The maximum atomic E-state index is 11.0. The minimum Gasteiger partial charge on any atom is -0.482 e. The van der Waals surface area contributed by atoms with Crippen LogP contribution in [0.1, 0.15) is 63.1 Å². The van der Waals surface area contributed by atoms with E-state index in [1.54, 1.807) is 26.0 Å². The van der Waals surface area contributed by atoms with Crippen molar-refractivity contribution in [3.8, 4) is 5.75 Å². The van der Waals surface area contributed by atoms with Gasteiger partial charge in [-0.15, -0.1) is 0 Å². The van der Waals surface area contributed by atoms with Gasteiger partial charge < -0.3 is 14.9 Å². The number of aliphatic hydroxyl groups excluding tert-OH is 1. The van der Waals surface area contributed by atoms with Gasteiger partial charge >= 0.3 is 5.97 Å². The molecule has 0 aliphatic heterocycles. The first-order valence-electron chi connectivity index (χ1n) is 10.8. The van der Waals surface area contributed by atoms with Gasteiger partial charge in [0.15, 0.2) is 6.61 Å². The van der Waals surface area contributed by atoms with Crippen LogP contribution < -0.4 is 4.74 Å². The molecular weight excluding hydrogens is 304 g/mol. The van der Waals surface area contributed by atoms with Crippen molar-refractivity contribution in [3.05, 3.63) is 64.2 Å². The predicted octanol–water partition coefficient (Wildman–Crippen LogP) is 3.97. The Kier molecular flexibility index (Phi) is 3.28. The molecule has 128 valence electrons. The van der Waals surface area contributed by atoms with Crippen molar-refractivity contribution in [2.75, 3.05) is 6.61 Å². The van der Waals surface area contributed by atoms with Crippen LogP contribution in [0.15, 0.2) is 36.4 Å². The number of benzene rings is 2. The fraction of sp³-hybridized carbons (Fsp3) is 0.350. The lowest BCUT2D eigenvalue weighted by atomic mass is 9.91. The summed E-state index contributed by atoms with van der Waals surface area (Å²) in [4.78, 5) is 10.7. The van der Waals surface area contributed by atoms with Crippen LogP contribution in [0.4, 0.5) is 0 Å². The molecule has 0 aliphatic rings. The Morgan fingerprint density at radius 3 is 2.42 bits per heavy atom. The molecule has 4 heteroatoms. The van der Waals surface area contributed by atoms with Gasteiger partial charge in [0.2, 0.25) is 0 Å². The normalized spacial score (nSPS) is 18.0. The summed E-state index contributed by atoms with van der Waals surface area (Å²) in [7, 11) is 0. The Bertz CT molecular complexity index is 930. The van der Waals surface area contributed by atoms with Crippen molar-refractivity contribution in [3.63, 3.8) is 0 Å². The molecule has 0 aliphatic carbocycles. The first kappa shape index (κ1) is 10.5. The molecule has 2 aromatic rings. The monoisotopic (exact) mass is 335 g/mol. The van der Waals surface area contributed by atoms with Gasteiger partial charge in [-0.1, -0.05) is 38.0 Å². The fourth-order valence-corrected chi connectivity index (χ4v) is 2.63. The van der Waals surface area contributed by atoms with E-state index >= 15 is 0 Å². The third kappa shape index (κ3) is 4.15. The number of ether oxygens (including phenoxy) is 1. The lowest BCUT2D eigenvalue weighted by Gasteiger charge is -2.19. The van der Waals surface area contributed by atoms with Crippen molar-refractivity contribution in [2.45, 2.75) is 39.5 Å². The number of aliphatic hydroxyl groups is 1. The van der Waals surface area contributed by atoms with Gasteiger partial charge in [0, 0.05) is 9.60 Å². The van der Waals surface area contributed by atoms with Crippen molar-refractivity contribution < 1.29 is 29.3 Å². The summed E-state index contributed by atoms with van der Waals surface area (Å²) in [6.07, 6.45) is -1.23. The van der Waals surface area contributed by atoms with Gasteiger partial charge in [0.05, 0.1) is 0 Å². The minimum atomic E-state index is -3.13. The zero-order valence-electron chi connectivity index (χ0n) is 20.5. The quantitative estimate of drug-likeness (QED) is 0.838. The Hall–Kier alpha value is -2.33. The average Bonchev–Trinajstić information content (AvgIpc) is 2.63. The van der Waals surface area contributed by atoms with Crippen molar-refractivity contribution in [1.29, 1.82) is 0 Å². The van der Waals surface area contributed by atoms with Crippen molar-refractivity contribution in [2.24, 2.45) is 0 Å². The largest absolute Gasteiger partial charge is 0.482 e. The highest BCUT2D eigenvalue weighted by molar-refractivity contribution is 5.68. The maximum absolute atomic E-state index is 11.0. The molecule has 2 N–H and O–H groups in total. The van der Waals surface area contributed by atoms with Crippen LogP contribution >= 0.6 is 0 Å². The standard InChI is InChI=1S/C20H24O4/c1-12(2)15-6-5-7-16(10-15)20(23)19-13(3)8-17(9-14(19)4)24-11-18(21)22/h5-10,12,20,23H,11H2,1-4H3,(H,21,22)/i1D3,2D3,12D. The second-order valence-corrected chi connectivity index (χ2v) is 5.56. The molecule has 1 atom stereocenters.